The molecule has 1 aliphatic heterocycles. The first-order valence-electron chi connectivity index (χ1n) is 4.15. The molecular weight excluding hydrogens is 289 g/mol. The van der Waals surface area contributed by atoms with Crippen molar-refractivity contribution in [1.29, 1.82) is 0 Å². The van der Waals surface area contributed by atoms with Crippen LogP contribution in [0.25, 0.3) is 0 Å². The zero-order valence-electron chi connectivity index (χ0n) is 7.19. The van der Waals surface area contributed by atoms with Crippen molar-refractivity contribution in [2.24, 2.45) is 0 Å². The molecule has 0 atom stereocenters. The van der Waals surface area contributed by atoms with Gasteiger partial charge in [0.1, 0.15) is 0 Å². The average Bonchev–Trinajstić information content (AvgIpc) is 1.98. The number of hydrogen-bond acceptors (Lipinski definition) is 2. The molecule has 1 aliphatic rings. The van der Waals surface area contributed by atoms with Crippen LogP contribution in [0.5, 0.6) is 0 Å². The average molecular weight is 297 g/mol. The van der Waals surface area contributed by atoms with Gasteiger partial charge in [-0.05, 0) is 12.1 Å². The Morgan fingerprint density at radius 3 is 2.29 bits per heavy atom. The van der Waals surface area contributed by atoms with Crippen LogP contribution in [0.4, 0.5) is 5.69 Å². The maximum atomic E-state index is 6.04. The van der Waals surface area contributed by atoms with Crippen molar-refractivity contribution in [1.82, 2.24) is 0 Å². The van der Waals surface area contributed by atoms with E-state index in [1.165, 1.54) is 0 Å². The van der Waals surface area contributed by atoms with E-state index in [9.17, 15) is 0 Å². The first-order valence-corrected chi connectivity index (χ1v) is 5.70. The third-order valence-corrected chi connectivity index (χ3v) is 3.05. The zero-order valence-corrected chi connectivity index (χ0v) is 10.3. The molecule has 0 amide bonds. The summed E-state index contributed by atoms with van der Waals surface area (Å²) in [6.45, 7) is 1.42. The fraction of sp³-hybridized carbons (Fsp3) is 0.333. The fourth-order valence-corrected chi connectivity index (χ4v) is 2.52. The Kier molecular flexibility index (Phi) is 3.22. The van der Waals surface area contributed by atoms with Crippen LogP contribution < -0.4 is 5.32 Å². The fourth-order valence-electron chi connectivity index (χ4n) is 1.20. The topological polar surface area (TPSA) is 21.3 Å². The Bertz CT molecular complexity index is 332. The van der Waals surface area contributed by atoms with E-state index in [2.05, 4.69) is 21.2 Å². The van der Waals surface area contributed by atoms with Crippen molar-refractivity contribution in [3.63, 3.8) is 0 Å². The van der Waals surface area contributed by atoms with Crippen molar-refractivity contribution < 1.29 is 4.74 Å². The van der Waals surface area contributed by atoms with Crippen LogP contribution >= 0.6 is 39.1 Å². The smallest absolute Gasteiger partial charge is 0.0729 e. The molecule has 14 heavy (non-hydrogen) atoms. The summed E-state index contributed by atoms with van der Waals surface area (Å²) in [4.78, 5) is 0. The number of halogens is 3. The highest BCUT2D eigenvalue weighted by Crippen LogP contribution is 2.34. The highest BCUT2D eigenvalue weighted by atomic mass is 79.9. The van der Waals surface area contributed by atoms with E-state index in [0.29, 0.717) is 29.3 Å². The van der Waals surface area contributed by atoms with E-state index in [4.69, 9.17) is 27.9 Å². The summed E-state index contributed by atoms with van der Waals surface area (Å²) < 4.78 is 5.93. The Balaban J connectivity index is 2.22. The second-order valence-electron chi connectivity index (χ2n) is 3.12. The molecule has 1 aromatic carbocycles. The van der Waals surface area contributed by atoms with Crippen LogP contribution in [0.3, 0.4) is 0 Å². The molecule has 76 valence electrons. The summed E-state index contributed by atoms with van der Waals surface area (Å²) >= 11 is 15.4. The molecular formula is C9H8BrCl2NO. The SMILES string of the molecule is Clc1cc(Br)cc(Cl)c1NC1COC1. The second kappa shape index (κ2) is 4.27. The van der Waals surface area contributed by atoms with Crippen LogP contribution in [-0.2, 0) is 4.74 Å². The van der Waals surface area contributed by atoms with Crippen molar-refractivity contribution in [3.05, 3.63) is 26.7 Å². The van der Waals surface area contributed by atoms with Gasteiger partial charge >= 0.3 is 0 Å². The summed E-state index contributed by atoms with van der Waals surface area (Å²) in [5.41, 5.74) is 0.782. The van der Waals surface area contributed by atoms with E-state index >= 15 is 0 Å². The molecule has 0 aromatic heterocycles. The first kappa shape index (κ1) is 10.6. The summed E-state index contributed by atoms with van der Waals surface area (Å²) in [6.07, 6.45) is 0. The maximum absolute atomic E-state index is 6.04. The van der Waals surface area contributed by atoms with Gasteiger partial charge in [0.05, 0.1) is 35.0 Å². The predicted molar refractivity (Wildman–Crippen MR) is 62.4 cm³/mol. The molecule has 0 bridgehead atoms. The monoisotopic (exact) mass is 295 g/mol. The van der Waals surface area contributed by atoms with E-state index in [-0.39, 0.29) is 0 Å². The van der Waals surface area contributed by atoms with Gasteiger partial charge in [-0.15, -0.1) is 0 Å². The van der Waals surface area contributed by atoms with Crippen LogP contribution in [0.2, 0.25) is 10.0 Å². The molecule has 2 nitrogen and oxygen atoms in total. The van der Waals surface area contributed by atoms with Gasteiger partial charge in [0.2, 0.25) is 0 Å². The predicted octanol–water partition coefficient (Wildman–Crippen LogP) is 3.57. The molecule has 1 aromatic rings. The Morgan fingerprint density at radius 2 is 1.86 bits per heavy atom. The standard InChI is InChI=1S/C9H8BrCl2NO/c10-5-1-7(11)9(8(12)2-5)13-6-3-14-4-6/h1-2,6,13H,3-4H2. The quantitative estimate of drug-likeness (QED) is 0.901. The van der Waals surface area contributed by atoms with E-state index in [1.807, 2.05) is 12.1 Å². The van der Waals surface area contributed by atoms with Gasteiger partial charge in [-0.3, -0.25) is 0 Å². The lowest BCUT2D eigenvalue weighted by Crippen LogP contribution is -2.40. The number of benzene rings is 1. The molecule has 1 fully saturated rings. The Labute approximate surface area is 101 Å². The summed E-state index contributed by atoms with van der Waals surface area (Å²) in [5, 5.41) is 4.48. The first-order chi connectivity index (χ1) is 6.66. The van der Waals surface area contributed by atoms with Gasteiger partial charge in [-0.25, -0.2) is 0 Å². The van der Waals surface area contributed by atoms with Crippen LogP contribution in [0.15, 0.2) is 16.6 Å². The second-order valence-corrected chi connectivity index (χ2v) is 4.85. The van der Waals surface area contributed by atoms with Crippen LogP contribution in [0.1, 0.15) is 0 Å². The lowest BCUT2D eigenvalue weighted by Gasteiger charge is -2.28. The molecule has 2 rings (SSSR count). The van der Waals surface area contributed by atoms with Gasteiger partial charge in [-0.1, -0.05) is 39.1 Å². The minimum Gasteiger partial charge on any atom is -0.377 e. The number of anilines is 1. The van der Waals surface area contributed by atoms with Crippen LogP contribution in [0, 0.1) is 0 Å². The third-order valence-electron chi connectivity index (χ3n) is 1.99. The molecule has 1 N–H and O–H groups in total. The van der Waals surface area contributed by atoms with Gasteiger partial charge < -0.3 is 10.1 Å². The van der Waals surface area contributed by atoms with Crippen molar-refractivity contribution in [2.45, 2.75) is 6.04 Å². The molecule has 0 unspecified atom stereocenters. The van der Waals surface area contributed by atoms with Gasteiger partial charge in [0.25, 0.3) is 0 Å². The number of ether oxygens (including phenoxy) is 1. The van der Waals surface area contributed by atoms with Gasteiger partial charge in [-0.2, -0.15) is 0 Å². The number of nitrogens with one attached hydrogen (secondary N) is 1. The molecule has 0 aliphatic carbocycles. The summed E-state index contributed by atoms with van der Waals surface area (Å²) in [7, 11) is 0. The lowest BCUT2D eigenvalue weighted by atomic mass is 10.2. The minimum atomic E-state index is 0.325. The summed E-state index contributed by atoms with van der Waals surface area (Å²) in [5.74, 6) is 0. The molecule has 0 spiro atoms. The normalized spacial score (nSPS) is 16.5. The Hall–Kier alpha value is 0.0400. The van der Waals surface area contributed by atoms with Gasteiger partial charge in [0, 0.05) is 4.47 Å². The molecule has 0 saturated carbocycles. The van der Waals surface area contributed by atoms with E-state index < -0.39 is 0 Å². The minimum absolute atomic E-state index is 0.325. The molecule has 0 radical (unpaired) electrons. The van der Waals surface area contributed by atoms with Crippen molar-refractivity contribution in [2.75, 3.05) is 18.5 Å². The van der Waals surface area contributed by atoms with Gasteiger partial charge in [0.15, 0.2) is 0 Å². The molecule has 1 saturated heterocycles. The van der Waals surface area contributed by atoms with Crippen molar-refractivity contribution >= 4 is 44.8 Å². The summed E-state index contributed by atoms with van der Waals surface area (Å²) in [6, 6.07) is 3.95. The Morgan fingerprint density at radius 1 is 1.29 bits per heavy atom. The number of rotatable bonds is 2. The zero-order chi connectivity index (χ0) is 10.1. The van der Waals surface area contributed by atoms with Crippen LogP contribution in [-0.4, -0.2) is 19.3 Å². The third kappa shape index (κ3) is 2.16. The van der Waals surface area contributed by atoms with Crippen molar-refractivity contribution in [3.8, 4) is 0 Å². The molecule has 1 heterocycles. The highest BCUT2D eigenvalue weighted by Gasteiger charge is 2.20. The largest absolute Gasteiger partial charge is 0.377 e. The number of hydrogen-bond donors (Lipinski definition) is 1. The van der Waals surface area contributed by atoms with E-state index in [1.54, 1.807) is 0 Å². The maximum Gasteiger partial charge on any atom is 0.0729 e. The lowest BCUT2D eigenvalue weighted by molar-refractivity contribution is 0.0211. The highest BCUT2D eigenvalue weighted by molar-refractivity contribution is 9.10. The van der Waals surface area contributed by atoms with E-state index in [0.717, 1.165) is 10.2 Å². The molecule has 5 heteroatoms.